The van der Waals surface area contributed by atoms with Crippen molar-refractivity contribution in [3.05, 3.63) is 34.9 Å². The molecule has 0 aromatic heterocycles. The van der Waals surface area contributed by atoms with Crippen LogP contribution in [0, 0.1) is 0 Å². The number of hydrogen-bond donors (Lipinski definition) is 1. The van der Waals surface area contributed by atoms with Crippen LogP contribution in [0.2, 0.25) is 0 Å². The van der Waals surface area contributed by atoms with Gasteiger partial charge in [-0.3, -0.25) is 4.79 Å². The molecule has 2 heterocycles. The minimum Gasteiger partial charge on any atom is -0.334 e. The van der Waals surface area contributed by atoms with Crippen molar-refractivity contribution in [2.45, 2.75) is 26.1 Å². The minimum atomic E-state index is -2.99. The molecule has 1 amide bonds. The van der Waals surface area contributed by atoms with Crippen LogP contribution in [-0.2, 0) is 22.9 Å². The van der Waals surface area contributed by atoms with E-state index in [0.717, 1.165) is 18.7 Å². The zero-order valence-corrected chi connectivity index (χ0v) is 12.2. The summed E-state index contributed by atoms with van der Waals surface area (Å²) in [5.41, 5.74) is 3.04. The van der Waals surface area contributed by atoms with Crippen molar-refractivity contribution >= 4 is 15.7 Å². The highest BCUT2D eigenvalue weighted by Gasteiger charge is 2.31. The normalized spacial score (nSPS) is 24.4. The number of benzene rings is 1. The Kier molecular flexibility index (Phi) is 3.30. The fraction of sp³-hybridized carbons (Fsp3) is 0.500. The summed E-state index contributed by atoms with van der Waals surface area (Å²) in [4.78, 5) is 14.2. The van der Waals surface area contributed by atoms with Gasteiger partial charge in [-0.05, 0) is 30.2 Å². The third-order valence-corrected chi connectivity index (χ3v) is 5.81. The van der Waals surface area contributed by atoms with E-state index in [0.29, 0.717) is 5.56 Å². The van der Waals surface area contributed by atoms with Crippen molar-refractivity contribution < 1.29 is 13.2 Å². The first-order valence-corrected chi connectivity index (χ1v) is 8.62. The summed E-state index contributed by atoms with van der Waals surface area (Å²) in [6.45, 7) is 3.73. The zero-order valence-electron chi connectivity index (χ0n) is 11.4. The molecule has 2 aliphatic rings. The second-order valence-electron chi connectivity index (χ2n) is 5.55. The lowest BCUT2D eigenvalue weighted by Crippen LogP contribution is -2.49. The third-order valence-electron chi connectivity index (χ3n) is 4.02. The van der Waals surface area contributed by atoms with Crippen LogP contribution >= 0.6 is 0 Å². The molecule has 0 saturated carbocycles. The van der Waals surface area contributed by atoms with E-state index in [4.69, 9.17) is 0 Å². The maximum atomic E-state index is 12.5. The van der Waals surface area contributed by atoms with Gasteiger partial charge in [0.1, 0.15) is 0 Å². The molecule has 20 heavy (non-hydrogen) atoms. The summed E-state index contributed by atoms with van der Waals surface area (Å²) < 4.78 is 23.1. The Labute approximate surface area is 118 Å². The standard InChI is InChI=1S/C14H18N2O3S/c1-10-9-20(18,19)5-4-16(10)14(17)11-2-3-12-7-15-8-13(12)6-11/h2-3,6,10,15H,4-5,7-9H2,1H3. The molecule has 1 fully saturated rings. The number of carbonyl (C=O) groups excluding carboxylic acids is 1. The highest BCUT2D eigenvalue weighted by molar-refractivity contribution is 7.91. The summed E-state index contributed by atoms with van der Waals surface area (Å²) in [7, 11) is -2.99. The van der Waals surface area contributed by atoms with Crippen molar-refractivity contribution in [2.24, 2.45) is 0 Å². The molecule has 3 rings (SSSR count). The van der Waals surface area contributed by atoms with Crippen LogP contribution in [0.3, 0.4) is 0 Å². The molecule has 0 bridgehead atoms. The van der Waals surface area contributed by atoms with Crippen molar-refractivity contribution in [3.8, 4) is 0 Å². The summed E-state index contributed by atoms with van der Waals surface area (Å²) in [5, 5.41) is 3.25. The highest BCUT2D eigenvalue weighted by Crippen LogP contribution is 2.20. The molecule has 1 aromatic rings. The van der Waals surface area contributed by atoms with Crippen LogP contribution in [0.15, 0.2) is 18.2 Å². The molecule has 1 atom stereocenters. The van der Waals surface area contributed by atoms with Gasteiger partial charge in [0, 0.05) is 31.2 Å². The molecule has 0 aliphatic carbocycles. The Balaban J connectivity index is 1.82. The van der Waals surface area contributed by atoms with Gasteiger partial charge in [0.05, 0.1) is 11.5 Å². The zero-order chi connectivity index (χ0) is 14.3. The number of nitrogens with one attached hydrogen (secondary N) is 1. The molecule has 6 heteroatoms. The lowest BCUT2D eigenvalue weighted by atomic mass is 10.1. The molecule has 1 saturated heterocycles. The number of rotatable bonds is 1. The lowest BCUT2D eigenvalue weighted by Gasteiger charge is -2.33. The molecule has 1 unspecified atom stereocenters. The fourth-order valence-corrected chi connectivity index (χ4v) is 4.45. The monoisotopic (exact) mass is 294 g/mol. The minimum absolute atomic E-state index is 0.0608. The number of sulfone groups is 1. The van der Waals surface area contributed by atoms with Gasteiger partial charge in [0.2, 0.25) is 0 Å². The van der Waals surface area contributed by atoms with Crippen LogP contribution in [0.25, 0.3) is 0 Å². The predicted molar refractivity (Wildman–Crippen MR) is 76.1 cm³/mol. The van der Waals surface area contributed by atoms with E-state index in [2.05, 4.69) is 5.32 Å². The van der Waals surface area contributed by atoms with E-state index in [1.807, 2.05) is 18.2 Å². The van der Waals surface area contributed by atoms with Gasteiger partial charge in [-0.1, -0.05) is 6.07 Å². The maximum absolute atomic E-state index is 12.5. The van der Waals surface area contributed by atoms with E-state index in [9.17, 15) is 13.2 Å². The van der Waals surface area contributed by atoms with Crippen molar-refractivity contribution in [1.29, 1.82) is 0 Å². The van der Waals surface area contributed by atoms with Crippen molar-refractivity contribution in [3.63, 3.8) is 0 Å². The highest BCUT2D eigenvalue weighted by atomic mass is 32.2. The van der Waals surface area contributed by atoms with Gasteiger partial charge in [-0.15, -0.1) is 0 Å². The Bertz CT molecular complexity index is 654. The van der Waals surface area contributed by atoms with Gasteiger partial charge in [-0.25, -0.2) is 8.42 Å². The Morgan fingerprint density at radius 2 is 2.05 bits per heavy atom. The van der Waals surface area contributed by atoms with Crippen LogP contribution in [0.4, 0.5) is 0 Å². The summed E-state index contributed by atoms with van der Waals surface area (Å²) in [6, 6.07) is 5.48. The third kappa shape index (κ3) is 2.45. The molecular weight excluding hydrogens is 276 g/mol. The predicted octanol–water partition coefficient (Wildman–Crippen LogP) is 0.549. The van der Waals surface area contributed by atoms with Crippen molar-refractivity contribution in [1.82, 2.24) is 10.2 Å². The summed E-state index contributed by atoms with van der Waals surface area (Å²) in [6.07, 6.45) is 0. The molecule has 1 aromatic carbocycles. The largest absolute Gasteiger partial charge is 0.334 e. The van der Waals surface area contributed by atoms with Crippen molar-refractivity contribution in [2.75, 3.05) is 18.1 Å². The van der Waals surface area contributed by atoms with Crippen LogP contribution < -0.4 is 5.32 Å². The van der Waals surface area contributed by atoms with Gasteiger partial charge in [0.25, 0.3) is 5.91 Å². The molecule has 108 valence electrons. The smallest absolute Gasteiger partial charge is 0.254 e. The number of fused-ring (bicyclic) bond motifs is 1. The Hall–Kier alpha value is -1.40. The quantitative estimate of drug-likeness (QED) is 0.821. The second kappa shape index (κ2) is 4.86. The van der Waals surface area contributed by atoms with Crippen LogP contribution in [-0.4, -0.2) is 43.3 Å². The average molecular weight is 294 g/mol. The SMILES string of the molecule is CC1CS(=O)(=O)CCN1C(=O)c1ccc2c(c1)CNC2. The number of nitrogens with zero attached hydrogens (tertiary/aromatic N) is 1. The summed E-state index contributed by atoms with van der Waals surface area (Å²) in [5.74, 6) is 0.0583. The maximum Gasteiger partial charge on any atom is 0.254 e. The van der Waals surface area contributed by atoms with Gasteiger partial charge >= 0.3 is 0 Å². The molecule has 2 aliphatic heterocycles. The van der Waals surface area contributed by atoms with Gasteiger partial charge in [-0.2, -0.15) is 0 Å². The van der Waals surface area contributed by atoms with E-state index in [1.165, 1.54) is 5.56 Å². The topological polar surface area (TPSA) is 66.5 Å². The average Bonchev–Trinajstić information content (AvgIpc) is 2.84. The Morgan fingerprint density at radius 1 is 1.30 bits per heavy atom. The second-order valence-corrected chi connectivity index (χ2v) is 7.78. The van der Waals surface area contributed by atoms with E-state index in [-0.39, 0.29) is 30.0 Å². The van der Waals surface area contributed by atoms with Crippen LogP contribution in [0.1, 0.15) is 28.4 Å². The molecule has 1 N–H and O–H groups in total. The number of amides is 1. The van der Waals surface area contributed by atoms with E-state index >= 15 is 0 Å². The van der Waals surface area contributed by atoms with E-state index in [1.54, 1.807) is 11.8 Å². The first kappa shape index (κ1) is 13.6. The molecule has 0 spiro atoms. The Morgan fingerprint density at radius 3 is 2.80 bits per heavy atom. The fourth-order valence-electron chi connectivity index (χ4n) is 2.89. The number of hydrogen-bond acceptors (Lipinski definition) is 4. The van der Waals surface area contributed by atoms with E-state index < -0.39 is 9.84 Å². The first-order chi connectivity index (χ1) is 9.46. The van der Waals surface area contributed by atoms with Gasteiger partial charge in [0.15, 0.2) is 9.84 Å². The lowest BCUT2D eigenvalue weighted by molar-refractivity contribution is 0.0712. The van der Waals surface area contributed by atoms with Crippen LogP contribution in [0.5, 0.6) is 0 Å². The molecular formula is C14H18N2O3S. The molecule has 0 radical (unpaired) electrons. The van der Waals surface area contributed by atoms with Gasteiger partial charge < -0.3 is 10.2 Å². The molecule has 5 nitrogen and oxygen atoms in total. The number of carbonyl (C=O) groups is 1. The summed E-state index contributed by atoms with van der Waals surface area (Å²) >= 11 is 0. The first-order valence-electron chi connectivity index (χ1n) is 6.80.